The number of hydrogen-bond donors (Lipinski definition) is 1. The minimum atomic E-state index is -0.978. The van der Waals surface area contributed by atoms with Gasteiger partial charge in [0.1, 0.15) is 5.75 Å². The largest absolute Gasteiger partial charge is 0.477 e. The highest BCUT2D eigenvalue weighted by molar-refractivity contribution is 5.90. The van der Waals surface area contributed by atoms with Gasteiger partial charge in [0, 0.05) is 25.4 Å². The van der Waals surface area contributed by atoms with Gasteiger partial charge in [0.25, 0.3) is 5.91 Å². The van der Waals surface area contributed by atoms with Gasteiger partial charge < -0.3 is 19.7 Å². The number of rotatable bonds is 7. The molecule has 1 N–H and O–H groups in total. The van der Waals surface area contributed by atoms with Gasteiger partial charge in [0.2, 0.25) is 5.91 Å². The summed E-state index contributed by atoms with van der Waals surface area (Å²) in [5, 5.41) is 2.83. The highest BCUT2D eigenvalue weighted by atomic mass is 16.5. The standard InChI is InChI=1S/C19H28N2O4/c1-4-21(14-17(22)20-15(2)3)18(23)19(10-12-24-13-11-19)25-16-8-6-5-7-9-16/h5-9,15H,4,10-14H2,1-3H3,(H,20,22). The summed E-state index contributed by atoms with van der Waals surface area (Å²) >= 11 is 0. The molecule has 0 radical (unpaired) electrons. The quantitative estimate of drug-likeness (QED) is 0.818. The third kappa shape index (κ3) is 5.19. The lowest BCUT2D eigenvalue weighted by Crippen LogP contribution is -2.57. The van der Waals surface area contributed by atoms with E-state index in [-0.39, 0.29) is 24.4 Å². The Kier molecular flexibility index (Phi) is 6.82. The summed E-state index contributed by atoms with van der Waals surface area (Å²) in [6.45, 7) is 7.08. The van der Waals surface area contributed by atoms with Crippen molar-refractivity contribution in [3.63, 3.8) is 0 Å². The molecular formula is C19H28N2O4. The fraction of sp³-hybridized carbons (Fsp3) is 0.579. The summed E-state index contributed by atoms with van der Waals surface area (Å²) in [7, 11) is 0. The van der Waals surface area contributed by atoms with Crippen LogP contribution in [0.2, 0.25) is 0 Å². The minimum absolute atomic E-state index is 0.0360. The zero-order valence-electron chi connectivity index (χ0n) is 15.3. The molecule has 1 aliphatic heterocycles. The summed E-state index contributed by atoms with van der Waals surface area (Å²) in [4.78, 5) is 26.9. The third-order valence-corrected chi connectivity index (χ3v) is 4.20. The molecule has 1 aromatic rings. The molecule has 0 bridgehead atoms. The number of carbonyl (C=O) groups is 2. The zero-order chi connectivity index (χ0) is 18.3. The van der Waals surface area contributed by atoms with Crippen molar-refractivity contribution in [1.82, 2.24) is 10.2 Å². The van der Waals surface area contributed by atoms with E-state index in [1.165, 1.54) is 0 Å². The number of nitrogens with one attached hydrogen (secondary N) is 1. The summed E-state index contributed by atoms with van der Waals surface area (Å²) in [6, 6.07) is 9.37. The van der Waals surface area contributed by atoms with Crippen LogP contribution < -0.4 is 10.1 Å². The first-order chi connectivity index (χ1) is 12.0. The first kappa shape index (κ1) is 19.2. The molecule has 1 aromatic carbocycles. The molecule has 6 heteroatoms. The van der Waals surface area contributed by atoms with Gasteiger partial charge in [-0.15, -0.1) is 0 Å². The second kappa shape index (κ2) is 8.85. The molecule has 1 aliphatic rings. The van der Waals surface area contributed by atoms with Gasteiger partial charge >= 0.3 is 0 Å². The van der Waals surface area contributed by atoms with Crippen LogP contribution in [0, 0.1) is 0 Å². The van der Waals surface area contributed by atoms with Crippen molar-refractivity contribution in [3.05, 3.63) is 30.3 Å². The van der Waals surface area contributed by atoms with Crippen LogP contribution in [-0.2, 0) is 14.3 Å². The molecule has 0 aromatic heterocycles. The molecule has 1 saturated heterocycles. The number of likely N-dealkylation sites (N-methyl/N-ethyl adjacent to an activating group) is 1. The normalized spacial score (nSPS) is 16.3. The van der Waals surface area contributed by atoms with Crippen LogP contribution in [0.4, 0.5) is 0 Å². The van der Waals surface area contributed by atoms with Crippen LogP contribution in [0.1, 0.15) is 33.6 Å². The Morgan fingerprint density at radius 1 is 1.24 bits per heavy atom. The summed E-state index contributed by atoms with van der Waals surface area (Å²) in [5.74, 6) is 0.341. The SMILES string of the molecule is CCN(CC(=O)NC(C)C)C(=O)C1(Oc2ccccc2)CCOCC1. The maximum absolute atomic E-state index is 13.2. The van der Waals surface area contributed by atoms with E-state index >= 15 is 0 Å². The van der Waals surface area contributed by atoms with Crippen molar-refractivity contribution in [1.29, 1.82) is 0 Å². The van der Waals surface area contributed by atoms with Crippen molar-refractivity contribution in [2.45, 2.75) is 45.3 Å². The predicted octanol–water partition coefficient (Wildman–Crippen LogP) is 1.99. The zero-order valence-corrected chi connectivity index (χ0v) is 15.3. The first-order valence-electron chi connectivity index (χ1n) is 8.87. The van der Waals surface area contributed by atoms with Crippen molar-refractivity contribution in [3.8, 4) is 5.75 Å². The Labute approximate surface area is 149 Å². The number of para-hydroxylation sites is 1. The Morgan fingerprint density at radius 3 is 2.44 bits per heavy atom. The monoisotopic (exact) mass is 348 g/mol. The molecule has 1 fully saturated rings. The molecule has 1 heterocycles. The van der Waals surface area contributed by atoms with Crippen LogP contribution >= 0.6 is 0 Å². The van der Waals surface area contributed by atoms with Crippen molar-refractivity contribution >= 4 is 11.8 Å². The Hall–Kier alpha value is -2.08. The van der Waals surface area contributed by atoms with Crippen LogP contribution in [0.15, 0.2) is 30.3 Å². The van der Waals surface area contributed by atoms with Gasteiger partial charge in [0.05, 0.1) is 19.8 Å². The fourth-order valence-corrected chi connectivity index (χ4v) is 2.93. The number of nitrogens with zero attached hydrogens (tertiary/aromatic N) is 1. The molecule has 25 heavy (non-hydrogen) atoms. The lowest BCUT2D eigenvalue weighted by Gasteiger charge is -2.39. The Bertz CT molecular complexity index is 568. The molecular weight excluding hydrogens is 320 g/mol. The number of carbonyl (C=O) groups excluding carboxylic acids is 2. The second-order valence-electron chi connectivity index (χ2n) is 6.56. The molecule has 2 amide bonds. The summed E-state index contributed by atoms with van der Waals surface area (Å²) < 4.78 is 11.6. The molecule has 6 nitrogen and oxygen atoms in total. The number of hydrogen-bond acceptors (Lipinski definition) is 4. The van der Waals surface area contributed by atoms with Crippen molar-refractivity contribution < 1.29 is 19.1 Å². The Morgan fingerprint density at radius 2 is 1.88 bits per heavy atom. The van der Waals surface area contributed by atoms with Gasteiger partial charge in [-0.25, -0.2) is 0 Å². The molecule has 0 aliphatic carbocycles. The van der Waals surface area contributed by atoms with E-state index in [1.807, 2.05) is 51.1 Å². The molecule has 2 rings (SSSR count). The average molecular weight is 348 g/mol. The highest BCUT2D eigenvalue weighted by Gasteiger charge is 2.45. The lowest BCUT2D eigenvalue weighted by molar-refractivity contribution is -0.158. The van der Waals surface area contributed by atoms with Crippen molar-refractivity contribution in [2.24, 2.45) is 0 Å². The number of benzene rings is 1. The van der Waals surface area contributed by atoms with Gasteiger partial charge in [-0.2, -0.15) is 0 Å². The van der Waals surface area contributed by atoms with Crippen molar-refractivity contribution in [2.75, 3.05) is 26.3 Å². The lowest BCUT2D eigenvalue weighted by atomic mass is 9.92. The maximum Gasteiger partial charge on any atom is 0.267 e. The fourth-order valence-electron chi connectivity index (χ4n) is 2.93. The van der Waals surface area contributed by atoms with Crippen LogP contribution in [0.3, 0.4) is 0 Å². The minimum Gasteiger partial charge on any atom is -0.477 e. The van der Waals surface area contributed by atoms with Crippen LogP contribution in [0.5, 0.6) is 5.75 Å². The second-order valence-corrected chi connectivity index (χ2v) is 6.56. The number of ether oxygens (including phenoxy) is 2. The first-order valence-corrected chi connectivity index (χ1v) is 8.87. The third-order valence-electron chi connectivity index (χ3n) is 4.20. The smallest absolute Gasteiger partial charge is 0.267 e. The van der Waals surface area contributed by atoms with E-state index in [2.05, 4.69) is 5.32 Å². The van der Waals surface area contributed by atoms with E-state index in [9.17, 15) is 9.59 Å². The van der Waals surface area contributed by atoms with Gasteiger partial charge in [0.15, 0.2) is 5.60 Å². The van der Waals surface area contributed by atoms with Crippen LogP contribution in [-0.4, -0.2) is 54.7 Å². The van der Waals surface area contributed by atoms with E-state index in [0.29, 0.717) is 38.3 Å². The predicted molar refractivity (Wildman–Crippen MR) is 95.4 cm³/mol. The molecule has 0 saturated carbocycles. The topological polar surface area (TPSA) is 67.9 Å². The van der Waals surface area contributed by atoms with Gasteiger partial charge in [-0.1, -0.05) is 18.2 Å². The maximum atomic E-state index is 13.2. The average Bonchev–Trinajstić information content (AvgIpc) is 2.60. The molecule has 0 atom stereocenters. The van der Waals surface area contributed by atoms with Gasteiger partial charge in [-0.05, 0) is 32.9 Å². The van der Waals surface area contributed by atoms with Crippen LogP contribution in [0.25, 0.3) is 0 Å². The van der Waals surface area contributed by atoms with E-state index in [4.69, 9.17) is 9.47 Å². The van der Waals surface area contributed by atoms with E-state index < -0.39 is 5.60 Å². The Balaban J connectivity index is 2.17. The summed E-state index contributed by atoms with van der Waals surface area (Å²) in [5.41, 5.74) is -0.978. The van der Waals surface area contributed by atoms with E-state index in [1.54, 1.807) is 4.90 Å². The molecule has 138 valence electrons. The highest BCUT2D eigenvalue weighted by Crippen LogP contribution is 2.30. The summed E-state index contributed by atoms with van der Waals surface area (Å²) in [6.07, 6.45) is 0.950. The number of amides is 2. The molecule has 0 spiro atoms. The van der Waals surface area contributed by atoms with E-state index in [0.717, 1.165) is 0 Å². The molecule has 0 unspecified atom stereocenters. The van der Waals surface area contributed by atoms with Gasteiger partial charge in [-0.3, -0.25) is 9.59 Å².